The Hall–Kier alpha value is -3.03. The molecule has 8 heteroatoms. The molecule has 6 nitrogen and oxygen atoms in total. The van der Waals surface area contributed by atoms with Crippen LogP contribution >= 0.6 is 0 Å². The Balaban J connectivity index is 1.63. The molecule has 0 unspecified atom stereocenters. The number of benzene rings is 1. The van der Waals surface area contributed by atoms with E-state index in [2.05, 4.69) is 19.9 Å². The normalized spacial score (nSPS) is 16.0. The summed E-state index contributed by atoms with van der Waals surface area (Å²) in [7, 11) is 0. The molecule has 0 aliphatic heterocycles. The summed E-state index contributed by atoms with van der Waals surface area (Å²) in [5, 5.41) is 0. The molecule has 140 valence electrons. The quantitative estimate of drug-likeness (QED) is 0.534. The number of ether oxygens (including phenoxy) is 1. The fourth-order valence-electron chi connectivity index (χ4n) is 3.27. The summed E-state index contributed by atoms with van der Waals surface area (Å²) in [5.41, 5.74) is 7.85. The van der Waals surface area contributed by atoms with Gasteiger partial charge in [-0.1, -0.05) is 19.3 Å². The predicted octanol–water partition coefficient (Wildman–Crippen LogP) is 4.07. The van der Waals surface area contributed by atoms with Gasteiger partial charge >= 0.3 is 0 Å². The molecule has 1 aromatic carbocycles. The first kappa shape index (κ1) is 17.4. The topological polar surface area (TPSA) is 89.2 Å². The van der Waals surface area contributed by atoms with E-state index in [4.69, 9.17) is 10.5 Å². The maximum absolute atomic E-state index is 13.8. The highest BCUT2D eigenvalue weighted by molar-refractivity contribution is 6.06. The zero-order chi connectivity index (χ0) is 18.8. The molecular formula is C19H19F2N5O. The van der Waals surface area contributed by atoms with E-state index in [1.54, 1.807) is 6.20 Å². The molecule has 0 atom stereocenters. The molecule has 2 aromatic heterocycles. The number of amidine groups is 1. The van der Waals surface area contributed by atoms with Crippen LogP contribution in [-0.2, 0) is 0 Å². The summed E-state index contributed by atoms with van der Waals surface area (Å²) in [4.78, 5) is 16.2. The summed E-state index contributed by atoms with van der Waals surface area (Å²) >= 11 is 0. The first-order chi connectivity index (χ1) is 13.1. The van der Waals surface area contributed by atoms with E-state index in [1.165, 1.54) is 18.7 Å². The van der Waals surface area contributed by atoms with Crippen molar-refractivity contribution in [2.24, 2.45) is 10.7 Å². The van der Waals surface area contributed by atoms with Crippen molar-refractivity contribution in [3.63, 3.8) is 0 Å². The SMILES string of the molecule is NC(=NC1CCCCC1)c1c[nH]c2ncc(Oc3ccc(F)cc3F)nc12. The lowest BCUT2D eigenvalue weighted by Gasteiger charge is -2.18. The Labute approximate surface area is 154 Å². The van der Waals surface area contributed by atoms with Crippen molar-refractivity contribution in [3.8, 4) is 11.6 Å². The highest BCUT2D eigenvalue weighted by Gasteiger charge is 2.16. The third-order valence-corrected chi connectivity index (χ3v) is 4.64. The van der Waals surface area contributed by atoms with Crippen LogP contribution < -0.4 is 10.5 Å². The van der Waals surface area contributed by atoms with Crippen molar-refractivity contribution in [1.82, 2.24) is 15.0 Å². The summed E-state index contributed by atoms with van der Waals surface area (Å²) in [6.07, 6.45) is 8.70. The van der Waals surface area contributed by atoms with Crippen molar-refractivity contribution >= 4 is 17.0 Å². The highest BCUT2D eigenvalue weighted by atomic mass is 19.1. The zero-order valence-corrected chi connectivity index (χ0v) is 14.6. The van der Waals surface area contributed by atoms with Crippen LogP contribution in [0.5, 0.6) is 11.6 Å². The average Bonchev–Trinajstić information content (AvgIpc) is 3.08. The molecule has 3 aromatic rings. The molecule has 27 heavy (non-hydrogen) atoms. The van der Waals surface area contributed by atoms with Crippen LogP contribution in [0.1, 0.15) is 37.7 Å². The van der Waals surface area contributed by atoms with Gasteiger partial charge in [0, 0.05) is 12.3 Å². The number of aliphatic imine (C=N–C) groups is 1. The number of H-pyrrole nitrogens is 1. The monoisotopic (exact) mass is 371 g/mol. The van der Waals surface area contributed by atoms with Gasteiger partial charge in [0.15, 0.2) is 17.2 Å². The Morgan fingerprint density at radius 2 is 2.04 bits per heavy atom. The second kappa shape index (κ2) is 7.30. The van der Waals surface area contributed by atoms with Gasteiger partial charge in [-0.3, -0.25) is 4.99 Å². The highest BCUT2D eigenvalue weighted by Crippen LogP contribution is 2.26. The number of hydrogen-bond donors (Lipinski definition) is 2. The molecule has 4 rings (SSSR count). The number of rotatable bonds is 4. The summed E-state index contributed by atoms with van der Waals surface area (Å²) in [5.74, 6) is -1.15. The number of halogens is 2. The first-order valence-corrected chi connectivity index (χ1v) is 8.91. The van der Waals surface area contributed by atoms with Crippen LogP contribution in [0.25, 0.3) is 11.2 Å². The fourth-order valence-corrected chi connectivity index (χ4v) is 3.27. The second-order valence-corrected chi connectivity index (χ2v) is 6.59. The maximum atomic E-state index is 13.8. The van der Waals surface area contributed by atoms with Crippen LogP contribution in [0.2, 0.25) is 0 Å². The van der Waals surface area contributed by atoms with E-state index < -0.39 is 11.6 Å². The molecule has 0 bridgehead atoms. The van der Waals surface area contributed by atoms with Crippen molar-refractivity contribution < 1.29 is 13.5 Å². The number of fused-ring (bicyclic) bond motifs is 1. The van der Waals surface area contributed by atoms with E-state index in [0.717, 1.165) is 37.8 Å². The van der Waals surface area contributed by atoms with Crippen LogP contribution in [0.3, 0.4) is 0 Å². The number of hydrogen-bond acceptors (Lipinski definition) is 4. The average molecular weight is 371 g/mol. The third-order valence-electron chi connectivity index (χ3n) is 4.64. The third kappa shape index (κ3) is 3.74. The summed E-state index contributed by atoms with van der Waals surface area (Å²) in [6.45, 7) is 0. The minimum absolute atomic E-state index is 0.0827. The molecule has 2 heterocycles. The van der Waals surface area contributed by atoms with Crippen LogP contribution in [-0.4, -0.2) is 26.8 Å². The van der Waals surface area contributed by atoms with Gasteiger partial charge in [-0.05, 0) is 25.0 Å². The lowest BCUT2D eigenvalue weighted by atomic mass is 9.96. The number of nitrogens with zero attached hydrogens (tertiary/aromatic N) is 3. The molecular weight excluding hydrogens is 352 g/mol. The first-order valence-electron chi connectivity index (χ1n) is 8.91. The lowest BCUT2D eigenvalue weighted by Crippen LogP contribution is -2.19. The molecule has 3 N–H and O–H groups in total. The minimum Gasteiger partial charge on any atom is -0.434 e. The summed E-state index contributed by atoms with van der Waals surface area (Å²) < 4.78 is 32.2. The van der Waals surface area contributed by atoms with E-state index in [9.17, 15) is 8.78 Å². The van der Waals surface area contributed by atoms with Gasteiger partial charge in [0.1, 0.15) is 17.2 Å². The van der Waals surface area contributed by atoms with E-state index in [-0.39, 0.29) is 17.7 Å². The molecule has 0 amide bonds. The Bertz CT molecular complexity index is 995. The van der Waals surface area contributed by atoms with Crippen LogP contribution in [0, 0.1) is 11.6 Å². The largest absolute Gasteiger partial charge is 0.434 e. The Kier molecular flexibility index (Phi) is 4.70. The molecule has 1 aliphatic rings. The number of aromatic nitrogens is 3. The molecule has 1 aliphatic carbocycles. The Morgan fingerprint density at radius 3 is 2.81 bits per heavy atom. The molecule has 1 saturated carbocycles. The van der Waals surface area contributed by atoms with Gasteiger partial charge in [-0.25, -0.2) is 18.7 Å². The number of aromatic amines is 1. The lowest BCUT2D eigenvalue weighted by molar-refractivity contribution is 0.423. The van der Waals surface area contributed by atoms with E-state index in [1.807, 2.05) is 0 Å². The van der Waals surface area contributed by atoms with Gasteiger partial charge in [0.05, 0.1) is 17.8 Å². The van der Waals surface area contributed by atoms with Crippen molar-refractivity contribution in [1.29, 1.82) is 0 Å². The van der Waals surface area contributed by atoms with Gasteiger partial charge in [-0.2, -0.15) is 0 Å². The van der Waals surface area contributed by atoms with E-state index >= 15 is 0 Å². The van der Waals surface area contributed by atoms with Gasteiger partial charge in [-0.15, -0.1) is 0 Å². The predicted molar refractivity (Wildman–Crippen MR) is 97.9 cm³/mol. The molecule has 1 fully saturated rings. The fraction of sp³-hybridized carbons (Fsp3) is 0.316. The van der Waals surface area contributed by atoms with Gasteiger partial charge in [0.2, 0.25) is 5.88 Å². The molecule has 0 saturated heterocycles. The number of nitrogens with two attached hydrogens (primary N) is 1. The number of nitrogens with one attached hydrogen (secondary N) is 1. The zero-order valence-electron chi connectivity index (χ0n) is 14.6. The maximum Gasteiger partial charge on any atom is 0.238 e. The molecule has 0 spiro atoms. The van der Waals surface area contributed by atoms with Crippen molar-refractivity contribution in [2.75, 3.05) is 0 Å². The van der Waals surface area contributed by atoms with Crippen molar-refractivity contribution in [3.05, 3.63) is 47.8 Å². The Morgan fingerprint density at radius 1 is 1.22 bits per heavy atom. The van der Waals surface area contributed by atoms with Gasteiger partial charge < -0.3 is 15.5 Å². The smallest absolute Gasteiger partial charge is 0.238 e. The molecule has 0 radical (unpaired) electrons. The summed E-state index contributed by atoms with van der Waals surface area (Å²) in [6, 6.07) is 3.29. The minimum atomic E-state index is -0.815. The van der Waals surface area contributed by atoms with E-state index in [0.29, 0.717) is 22.6 Å². The second-order valence-electron chi connectivity index (χ2n) is 6.59. The standard InChI is InChI=1S/C19H19F2N5O/c20-11-6-7-15(14(21)8-11)27-16-10-24-19-17(26-16)13(9-23-19)18(22)25-12-4-2-1-3-5-12/h6-10,12H,1-5H2,(H2,22,25)(H,23,24). The van der Waals surface area contributed by atoms with Crippen LogP contribution in [0.15, 0.2) is 35.6 Å². The van der Waals surface area contributed by atoms with Crippen molar-refractivity contribution in [2.45, 2.75) is 38.1 Å². The van der Waals surface area contributed by atoms with Gasteiger partial charge in [0.25, 0.3) is 0 Å². The van der Waals surface area contributed by atoms with Crippen LogP contribution in [0.4, 0.5) is 8.78 Å².